The molecule has 0 heterocycles. The van der Waals surface area contributed by atoms with Crippen LogP contribution in [0.15, 0.2) is 66.7 Å². The van der Waals surface area contributed by atoms with E-state index in [1.54, 1.807) is 6.08 Å². The Morgan fingerprint density at radius 2 is 1.39 bits per heavy atom. The van der Waals surface area contributed by atoms with Crippen molar-refractivity contribution in [2.24, 2.45) is 0 Å². The lowest BCUT2D eigenvalue weighted by Crippen LogP contribution is -2.07. The molecule has 0 spiro atoms. The summed E-state index contributed by atoms with van der Waals surface area (Å²) in [6, 6.07) is 19.1. The van der Waals surface area contributed by atoms with Crippen LogP contribution in [0.3, 0.4) is 0 Å². The number of hydrogen-bond acceptors (Lipinski definition) is 2. The van der Waals surface area contributed by atoms with Crippen molar-refractivity contribution in [2.45, 2.75) is 0 Å². The van der Waals surface area contributed by atoms with E-state index < -0.39 is 0 Å². The maximum Gasteiger partial charge on any atom is 0.187 e. The average Bonchev–Trinajstić information content (AvgIpc) is 2.46. The molecule has 2 aromatic carbocycles. The van der Waals surface area contributed by atoms with Crippen LogP contribution >= 0.6 is 0 Å². The van der Waals surface area contributed by atoms with Gasteiger partial charge >= 0.3 is 0 Å². The number of ketones is 1. The van der Waals surface area contributed by atoms with Crippen LogP contribution in [0.5, 0.6) is 0 Å². The van der Waals surface area contributed by atoms with Gasteiger partial charge in [0.05, 0.1) is 0 Å². The summed E-state index contributed by atoms with van der Waals surface area (Å²) >= 11 is 0. The van der Waals surface area contributed by atoms with E-state index in [9.17, 15) is 4.79 Å². The van der Waals surface area contributed by atoms with Crippen molar-refractivity contribution >= 4 is 11.5 Å². The minimum atomic E-state index is 0.00352. The molecule has 0 atom stereocenters. The average molecular weight is 237 g/mol. The van der Waals surface area contributed by atoms with Crippen molar-refractivity contribution in [3.63, 3.8) is 0 Å². The molecule has 0 fully saturated rings. The van der Waals surface area contributed by atoms with Gasteiger partial charge in [-0.25, -0.2) is 0 Å². The van der Waals surface area contributed by atoms with Crippen LogP contribution in [0.2, 0.25) is 0 Å². The highest BCUT2D eigenvalue weighted by Crippen LogP contribution is 2.12. The fourth-order valence-electron chi connectivity index (χ4n) is 1.73. The predicted octanol–water partition coefficient (Wildman–Crippen LogP) is 3.13. The van der Waals surface area contributed by atoms with Crippen molar-refractivity contribution < 1.29 is 4.79 Å². The van der Waals surface area contributed by atoms with Gasteiger partial charge in [0, 0.05) is 24.4 Å². The third-order valence-electron chi connectivity index (χ3n) is 2.69. The Bertz CT molecular complexity index is 544. The van der Waals surface area contributed by atoms with E-state index in [4.69, 9.17) is 0 Å². The summed E-state index contributed by atoms with van der Waals surface area (Å²) < 4.78 is 0. The van der Waals surface area contributed by atoms with Crippen molar-refractivity contribution in [2.75, 3.05) is 7.05 Å². The van der Waals surface area contributed by atoms with E-state index in [0.29, 0.717) is 5.56 Å². The van der Waals surface area contributed by atoms with E-state index >= 15 is 0 Å². The largest absolute Gasteiger partial charge is 0.388 e. The summed E-state index contributed by atoms with van der Waals surface area (Å²) in [6.45, 7) is 0. The van der Waals surface area contributed by atoms with Gasteiger partial charge in [0.1, 0.15) is 0 Å². The smallest absolute Gasteiger partial charge is 0.187 e. The first-order chi connectivity index (χ1) is 8.81. The zero-order valence-corrected chi connectivity index (χ0v) is 10.3. The van der Waals surface area contributed by atoms with Gasteiger partial charge in [0.15, 0.2) is 5.78 Å². The van der Waals surface area contributed by atoms with Gasteiger partial charge in [-0.15, -0.1) is 0 Å². The molecule has 0 saturated carbocycles. The van der Waals surface area contributed by atoms with Crippen LogP contribution in [0.25, 0.3) is 5.70 Å². The molecule has 2 rings (SSSR count). The first-order valence-corrected chi connectivity index (χ1v) is 5.85. The van der Waals surface area contributed by atoms with E-state index in [1.807, 2.05) is 67.7 Å². The zero-order chi connectivity index (χ0) is 12.8. The first kappa shape index (κ1) is 12.1. The molecular weight excluding hydrogens is 222 g/mol. The molecule has 0 saturated heterocycles. The van der Waals surface area contributed by atoms with Gasteiger partial charge in [0.25, 0.3) is 0 Å². The maximum atomic E-state index is 12.1. The van der Waals surface area contributed by atoms with Crippen LogP contribution in [-0.2, 0) is 0 Å². The Hall–Kier alpha value is -2.35. The molecule has 0 aliphatic rings. The summed E-state index contributed by atoms with van der Waals surface area (Å²) in [6.07, 6.45) is 1.63. The Kier molecular flexibility index (Phi) is 3.92. The third kappa shape index (κ3) is 2.86. The minimum absolute atomic E-state index is 0.00352. The van der Waals surface area contributed by atoms with E-state index in [-0.39, 0.29) is 5.78 Å². The fourth-order valence-corrected chi connectivity index (χ4v) is 1.73. The lowest BCUT2D eigenvalue weighted by Gasteiger charge is -2.06. The number of allylic oxidation sites excluding steroid dienone is 1. The number of hydrogen-bond donors (Lipinski definition) is 1. The standard InChI is InChI=1S/C16H15NO/c1-17-15(13-8-4-2-5-9-13)12-16(18)14-10-6-3-7-11-14/h2-12,17H,1H3. The highest BCUT2D eigenvalue weighted by Gasteiger charge is 2.04. The van der Waals surface area contributed by atoms with Crippen LogP contribution in [0.1, 0.15) is 15.9 Å². The second kappa shape index (κ2) is 5.82. The molecule has 2 nitrogen and oxygen atoms in total. The Morgan fingerprint density at radius 1 is 0.889 bits per heavy atom. The maximum absolute atomic E-state index is 12.1. The van der Waals surface area contributed by atoms with Gasteiger partial charge in [-0.05, 0) is 5.56 Å². The molecule has 0 bridgehead atoms. The minimum Gasteiger partial charge on any atom is -0.388 e. The summed E-state index contributed by atoms with van der Waals surface area (Å²) in [4.78, 5) is 12.1. The molecule has 0 unspecified atom stereocenters. The second-order valence-electron chi connectivity index (χ2n) is 3.90. The number of carbonyl (C=O) groups excluding carboxylic acids is 1. The van der Waals surface area contributed by atoms with Gasteiger partial charge in [0.2, 0.25) is 0 Å². The first-order valence-electron chi connectivity index (χ1n) is 5.85. The lowest BCUT2D eigenvalue weighted by atomic mass is 10.1. The molecule has 1 N–H and O–H groups in total. The third-order valence-corrected chi connectivity index (χ3v) is 2.69. The Labute approximate surface area is 107 Å². The summed E-state index contributed by atoms with van der Waals surface area (Å²) in [5.41, 5.74) is 2.52. The molecular formula is C16H15NO. The van der Waals surface area contributed by atoms with Crippen LogP contribution in [0.4, 0.5) is 0 Å². The number of nitrogens with one attached hydrogen (secondary N) is 1. The monoisotopic (exact) mass is 237 g/mol. The molecule has 0 amide bonds. The lowest BCUT2D eigenvalue weighted by molar-refractivity contribution is 0.104. The molecule has 2 aromatic rings. The molecule has 0 aliphatic heterocycles. The van der Waals surface area contributed by atoms with Crippen LogP contribution in [-0.4, -0.2) is 12.8 Å². The molecule has 0 aromatic heterocycles. The Morgan fingerprint density at radius 3 is 1.89 bits per heavy atom. The fraction of sp³-hybridized carbons (Fsp3) is 0.0625. The summed E-state index contributed by atoms with van der Waals surface area (Å²) in [5, 5.41) is 3.06. The van der Waals surface area contributed by atoms with Gasteiger partial charge in [-0.3, -0.25) is 4.79 Å². The Balaban J connectivity index is 2.29. The van der Waals surface area contributed by atoms with E-state index in [1.165, 1.54) is 0 Å². The predicted molar refractivity (Wildman–Crippen MR) is 74.3 cm³/mol. The van der Waals surface area contributed by atoms with Crippen molar-refractivity contribution in [1.29, 1.82) is 0 Å². The molecule has 0 radical (unpaired) electrons. The second-order valence-corrected chi connectivity index (χ2v) is 3.90. The van der Waals surface area contributed by atoms with Crippen molar-refractivity contribution in [3.05, 3.63) is 77.9 Å². The van der Waals surface area contributed by atoms with Gasteiger partial charge in [-0.1, -0.05) is 60.7 Å². The molecule has 2 heteroatoms. The van der Waals surface area contributed by atoms with Crippen molar-refractivity contribution in [1.82, 2.24) is 5.32 Å². The number of rotatable bonds is 4. The van der Waals surface area contributed by atoms with Crippen LogP contribution < -0.4 is 5.32 Å². The molecule has 18 heavy (non-hydrogen) atoms. The van der Waals surface area contributed by atoms with Crippen molar-refractivity contribution in [3.8, 4) is 0 Å². The number of benzene rings is 2. The quantitative estimate of drug-likeness (QED) is 0.654. The van der Waals surface area contributed by atoms with Gasteiger partial charge in [-0.2, -0.15) is 0 Å². The summed E-state index contributed by atoms with van der Waals surface area (Å²) in [5.74, 6) is 0.00352. The summed E-state index contributed by atoms with van der Waals surface area (Å²) in [7, 11) is 1.82. The highest BCUT2D eigenvalue weighted by atomic mass is 16.1. The molecule has 90 valence electrons. The van der Waals surface area contributed by atoms with E-state index in [2.05, 4.69) is 5.32 Å². The zero-order valence-electron chi connectivity index (χ0n) is 10.3. The normalized spacial score (nSPS) is 11.1. The number of carbonyl (C=O) groups is 1. The SMILES string of the molecule is CNC(=CC(=O)c1ccccc1)c1ccccc1. The van der Waals surface area contributed by atoms with Crippen LogP contribution in [0, 0.1) is 0 Å². The van der Waals surface area contributed by atoms with E-state index in [0.717, 1.165) is 11.3 Å². The van der Waals surface area contributed by atoms with Gasteiger partial charge < -0.3 is 5.32 Å². The topological polar surface area (TPSA) is 29.1 Å². The highest BCUT2D eigenvalue weighted by molar-refractivity contribution is 6.08. The molecule has 0 aliphatic carbocycles.